The van der Waals surface area contributed by atoms with Gasteiger partial charge in [0.2, 0.25) is 0 Å². The van der Waals surface area contributed by atoms with E-state index in [0.717, 1.165) is 5.56 Å². The molecule has 1 aliphatic rings. The quantitative estimate of drug-likeness (QED) is 0.645. The summed E-state index contributed by atoms with van der Waals surface area (Å²) in [4.78, 5) is 14.2. The van der Waals surface area contributed by atoms with Crippen molar-refractivity contribution in [3.8, 4) is 17.2 Å². The third-order valence-corrected chi connectivity index (χ3v) is 4.21. The third-order valence-electron chi connectivity index (χ3n) is 3.93. The monoisotopic (exact) mass is 370 g/mol. The van der Waals surface area contributed by atoms with Crippen LogP contribution in [0.25, 0.3) is 6.08 Å². The van der Waals surface area contributed by atoms with Crippen molar-refractivity contribution in [1.29, 1.82) is 0 Å². The van der Waals surface area contributed by atoms with Gasteiger partial charge >= 0.3 is 0 Å². The van der Waals surface area contributed by atoms with Crippen molar-refractivity contribution in [3.05, 3.63) is 53.7 Å². The highest BCUT2D eigenvalue weighted by Crippen LogP contribution is 2.29. The van der Waals surface area contributed by atoms with Crippen molar-refractivity contribution in [3.63, 3.8) is 0 Å². The van der Waals surface area contributed by atoms with Gasteiger partial charge < -0.3 is 19.5 Å². The molecule has 1 fully saturated rings. The first-order chi connectivity index (χ1) is 12.6. The fourth-order valence-corrected chi connectivity index (χ4v) is 2.91. The molecule has 1 saturated heterocycles. The molecule has 0 spiro atoms. The highest BCUT2D eigenvalue weighted by atomic mass is 32.1. The van der Waals surface area contributed by atoms with Crippen LogP contribution in [0.4, 0.5) is 5.69 Å². The summed E-state index contributed by atoms with van der Waals surface area (Å²) in [5.41, 5.74) is 1.85. The van der Waals surface area contributed by atoms with Crippen LogP contribution in [0, 0.1) is 0 Å². The number of rotatable bonds is 5. The Morgan fingerprint density at radius 1 is 0.962 bits per heavy atom. The van der Waals surface area contributed by atoms with E-state index in [4.69, 9.17) is 26.4 Å². The van der Waals surface area contributed by atoms with Crippen molar-refractivity contribution in [1.82, 2.24) is 5.32 Å². The van der Waals surface area contributed by atoms with E-state index in [1.165, 1.54) is 4.90 Å². The third kappa shape index (κ3) is 3.34. The second kappa shape index (κ2) is 7.45. The van der Waals surface area contributed by atoms with Gasteiger partial charge in [0.1, 0.15) is 11.4 Å². The largest absolute Gasteiger partial charge is 0.497 e. The smallest absolute Gasteiger partial charge is 0.281 e. The molecule has 2 aromatic carbocycles. The van der Waals surface area contributed by atoms with Crippen LogP contribution in [0.5, 0.6) is 17.2 Å². The maximum absolute atomic E-state index is 12.8. The number of thiocarbonyl (C=S) groups is 1. The topological polar surface area (TPSA) is 60.0 Å². The van der Waals surface area contributed by atoms with Crippen LogP contribution in [-0.2, 0) is 4.79 Å². The van der Waals surface area contributed by atoms with E-state index in [1.54, 1.807) is 63.8 Å². The fraction of sp³-hybridized carbons (Fsp3) is 0.158. The highest BCUT2D eigenvalue weighted by molar-refractivity contribution is 7.80. The van der Waals surface area contributed by atoms with E-state index >= 15 is 0 Å². The molecular weight excluding hydrogens is 352 g/mol. The number of methoxy groups -OCH3 is 3. The first-order valence-electron chi connectivity index (χ1n) is 7.80. The number of carbonyl (C=O) groups is 1. The molecule has 0 aliphatic carbocycles. The standard InChI is InChI=1S/C19H18N2O4S/c1-23-14-7-5-13(6-8-14)21-18(22)15(20-19(21)26)10-12-4-9-16(24-2)17(11-12)25-3/h4-11H,1-3H3,(H,20,26)/b15-10-. The van der Waals surface area contributed by atoms with E-state index in [1.807, 2.05) is 6.07 Å². The zero-order valence-corrected chi connectivity index (χ0v) is 15.4. The Bertz CT molecular complexity index is 878. The maximum Gasteiger partial charge on any atom is 0.281 e. The molecule has 1 heterocycles. The minimum Gasteiger partial charge on any atom is -0.497 e. The van der Waals surface area contributed by atoms with Crippen LogP contribution in [0.2, 0.25) is 0 Å². The second-order valence-electron chi connectivity index (χ2n) is 5.44. The van der Waals surface area contributed by atoms with Crippen LogP contribution in [0.3, 0.4) is 0 Å². The molecule has 1 amide bonds. The molecule has 6 nitrogen and oxygen atoms in total. The summed E-state index contributed by atoms with van der Waals surface area (Å²) in [6.07, 6.45) is 1.72. The minimum absolute atomic E-state index is 0.227. The maximum atomic E-state index is 12.8. The lowest BCUT2D eigenvalue weighted by Crippen LogP contribution is -2.30. The van der Waals surface area contributed by atoms with Crippen LogP contribution in [0.15, 0.2) is 48.2 Å². The highest BCUT2D eigenvalue weighted by Gasteiger charge is 2.31. The normalized spacial score (nSPS) is 15.2. The van der Waals surface area contributed by atoms with Gasteiger partial charge in [-0.2, -0.15) is 0 Å². The molecule has 26 heavy (non-hydrogen) atoms. The van der Waals surface area contributed by atoms with Gasteiger partial charge in [-0.15, -0.1) is 0 Å². The van der Waals surface area contributed by atoms with Gasteiger partial charge in [-0.1, -0.05) is 6.07 Å². The van der Waals surface area contributed by atoms with E-state index in [-0.39, 0.29) is 5.91 Å². The number of hydrogen-bond acceptors (Lipinski definition) is 5. The summed E-state index contributed by atoms with van der Waals surface area (Å²) in [5, 5.41) is 3.29. The van der Waals surface area contributed by atoms with Gasteiger partial charge in [-0.05, 0) is 60.3 Å². The average molecular weight is 370 g/mol. The molecule has 3 rings (SSSR count). The molecule has 0 radical (unpaired) electrons. The fourth-order valence-electron chi connectivity index (χ4n) is 2.61. The van der Waals surface area contributed by atoms with E-state index < -0.39 is 0 Å². The molecule has 0 atom stereocenters. The Morgan fingerprint density at radius 3 is 2.27 bits per heavy atom. The van der Waals surface area contributed by atoms with Crippen molar-refractivity contribution in [2.45, 2.75) is 0 Å². The number of nitrogens with zero attached hydrogens (tertiary/aromatic N) is 1. The number of carbonyl (C=O) groups excluding carboxylic acids is 1. The predicted octanol–water partition coefficient (Wildman–Crippen LogP) is 2.97. The Labute approximate surface area is 157 Å². The number of amides is 1. The lowest BCUT2D eigenvalue weighted by atomic mass is 10.1. The summed E-state index contributed by atoms with van der Waals surface area (Å²) in [6.45, 7) is 0. The molecule has 0 bridgehead atoms. The molecular formula is C19H18N2O4S. The number of ether oxygens (including phenoxy) is 3. The molecule has 0 saturated carbocycles. The van der Waals surface area contributed by atoms with Gasteiger partial charge in [-0.25, -0.2) is 0 Å². The zero-order valence-electron chi connectivity index (χ0n) is 14.6. The number of nitrogens with one attached hydrogen (secondary N) is 1. The molecule has 7 heteroatoms. The predicted molar refractivity (Wildman–Crippen MR) is 104 cm³/mol. The van der Waals surface area contributed by atoms with E-state index in [2.05, 4.69) is 5.32 Å². The molecule has 0 unspecified atom stereocenters. The van der Waals surface area contributed by atoms with Gasteiger partial charge in [0.15, 0.2) is 16.6 Å². The Kier molecular flexibility index (Phi) is 5.09. The summed E-state index contributed by atoms with van der Waals surface area (Å²) >= 11 is 5.32. The van der Waals surface area contributed by atoms with E-state index in [9.17, 15) is 4.79 Å². The van der Waals surface area contributed by atoms with Gasteiger partial charge in [0.05, 0.1) is 27.0 Å². The van der Waals surface area contributed by atoms with Gasteiger partial charge in [0, 0.05) is 0 Å². The summed E-state index contributed by atoms with van der Waals surface area (Å²) < 4.78 is 15.7. The molecule has 2 aromatic rings. The molecule has 134 valence electrons. The average Bonchev–Trinajstić information content (AvgIpc) is 2.95. The van der Waals surface area contributed by atoms with Gasteiger partial charge in [-0.3, -0.25) is 9.69 Å². The number of benzene rings is 2. The summed E-state index contributed by atoms with van der Waals surface area (Å²) in [6, 6.07) is 12.5. The van der Waals surface area contributed by atoms with Gasteiger partial charge in [0.25, 0.3) is 5.91 Å². The molecule has 0 aromatic heterocycles. The summed E-state index contributed by atoms with van der Waals surface area (Å²) in [7, 11) is 4.73. The lowest BCUT2D eigenvalue weighted by molar-refractivity contribution is -0.113. The molecule has 1 aliphatic heterocycles. The first kappa shape index (κ1) is 17.8. The van der Waals surface area contributed by atoms with Crippen LogP contribution >= 0.6 is 12.2 Å². The van der Waals surface area contributed by atoms with E-state index in [0.29, 0.717) is 33.7 Å². The van der Waals surface area contributed by atoms with Crippen molar-refractivity contribution < 1.29 is 19.0 Å². The van der Waals surface area contributed by atoms with Crippen LogP contribution in [0.1, 0.15) is 5.56 Å². The Morgan fingerprint density at radius 2 is 1.65 bits per heavy atom. The minimum atomic E-state index is -0.227. The number of hydrogen-bond donors (Lipinski definition) is 1. The Balaban J connectivity index is 1.89. The summed E-state index contributed by atoms with van der Waals surface area (Å²) in [5.74, 6) is 1.69. The molecule has 1 N–H and O–H groups in total. The SMILES string of the molecule is COc1ccc(N2C(=O)/C(=C/c3ccc(OC)c(OC)c3)NC2=S)cc1. The first-order valence-corrected chi connectivity index (χ1v) is 8.21. The number of anilines is 1. The van der Waals surface area contributed by atoms with Crippen molar-refractivity contribution >= 4 is 35.0 Å². The zero-order chi connectivity index (χ0) is 18.7. The van der Waals surface area contributed by atoms with Crippen LogP contribution < -0.4 is 24.4 Å². The Hall–Kier alpha value is -3.06. The van der Waals surface area contributed by atoms with Crippen LogP contribution in [-0.4, -0.2) is 32.3 Å². The van der Waals surface area contributed by atoms with Crippen molar-refractivity contribution in [2.75, 3.05) is 26.2 Å². The van der Waals surface area contributed by atoms with Crippen molar-refractivity contribution in [2.24, 2.45) is 0 Å². The second-order valence-corrected chi connectivity index (χ2v) is 5.83. The lowest BCUT2D eigenvalue weighted by Gasteiger charge is -2.14.